The van der Waals surface area contributed by atoms with Crippen molar-refractivity contribution in [2.24, 2.45) is 0 Å². The number of carbonyl (C=O) groups excluding carboxylic acids is 1. The SMILES string of the molecule is Cc1ccccc1OCc1occc1C(=O)Nc1ccc(O)c(C(=O)O)c1. The number of anilines is 1. The van der Waals surface area contributed by atoms with Crippen LogP contribution in [0.25, 0.3) is 0 Å². The Bertz CT molecular complexity index is 992. The van der Waals surface area contributed by atoms with Gasteiger partial charge in [0.05, 0.1) is 11.8 Å². The zero-order valence-electron chi connectivity index (χ0n) is 14.4. The highest BCUT2D eigenvalue weighted by atomic mass is 16.5. The second-order valence-electron chi connectivity index (χ2n) is 5.80. The first-order chi connectivity index (χ1) is 13.0. The van der Waals surface area contributed by atoms with E-state index in [-0.39, 0.29) is 29.2 Å². The number of para-hydroxylation sites is 1. The number of aryl methyl sites for hydroxylation is 1. The van der Waals surface area contributed by atoms with Crippen LogP contribution in [0, 0.1) is 6.92 Å². The minimum absolute atomic E-state index is 0.0660. The molecule has 0 aliphatic heterocycles. The number of furan rings is 1. The van der Waals surface area contributed by atoms with Crippen LogP contribution in [0.3, 0.4) is 0 Å². The van der Waals surface area contributed by atoms with Gasteiger partial charge in [-0.2, -0.15) is 0 Å². The van der Waals surface area contributed by atoms with Crippen LogP contribution >= 0.6 is 0 Å². The molecule has 0 fully saturated rings. The minimum atomic E-state index is -1.29. The first-order valence-corrected chi connectivity index (χ1v) is 8.08. The molecule has 0 saturated carbocycles. The molecule has 7 heteroatoms. The molecular formula is C20H17NO6. The van der Waals surface area contributed by atoms with Crippen LogP contribution in [0.1, 0.15) is 32.0 Å². The van der Waals surface area contributed by atoms with Crippen LogP contribution in [0.2, 0.25) is 0 Å². The van der Waals surface area contributed by atoms with Crippen molar-refractivity contribution in [1.29, 1.82) is 0 Å². The predicted molar refractivity (Wildman–Crippen MR) is 97.2 cm³/mol. The summed E-state index contributed by atoms with van der Waals surface area (Å²) in [5.41, 5.74) is 1.17. The number of rotatable bonds is 6. The van der Waals surface area contributed by atoms with Gasteiger partial charge in [-0.15, -0.1) is 0 Å². The van der Waals surface area contributed by atoms with Crippen molar-refractivity contribution in [3.63, 3.8) is 0 Å². The fraction of sp³-hybridized carbons (Fsp3) is 0.100. The Morgan fingerprint density at radius 2 is 1.89 bits per heavy atom. The van der Waals surface area contributed by atoms with E-state index in [1.165, 1.54) is 30.5 Å². The third-order valence-electron chi connectivity index (χ3n) is 3.93. The molecule has 7 nitrogen and oxygen atoms in total. The van der Waals surface area contributed by atoms with Crippen molar-refractivity contribution < 1.29 is 29.0 Å². The van der Waals surface area contributed by atoms with Gasteiger partial charge in [-0.1, -0.05) is 18.2 Å². The largest absolute Gasteiger partial charge is 0.507 e. The van der Waals surface area contributed by atoms with Gasteiger partial charge >= 0.3 is 5.97 Å². The monoisotopic (exact) mass is 367 g/mol. The first kappa shape index (κ1) is 18.1. The van der Waals surface area contributed by atoms with Crippen molar-refractivity contribution in [3.8, 4) is 11.5 Å². The van der Waals surface area contributed by atoms with Crippen molar-refractivity contribution in [3.05, 3.63) is 77.2 Å². The highest BCUT2D eigenvalue weighted by Gasteiger charge is 2.17. The normalized spacial score (nSPS) is 10.4. The second kappa shape index (κ2) is 7.65. The number of aromatic hydroxyl groups is 1. The van der Waals surface area contributed by atoms with Gasteiger partial charge in [0.25, 0.3) is 5.91 Å². The van der Waals surface area contributed by atoms with Gasteiger partial charge in [-0.25, -0.2) is 4.79 Å². The summed E-state index contributed by atoms with van der Waals surface area (Å²) < 4.78 is 11.1. The second-order valence-corrected chi connectivity index (χ2v) is 5.80. The summed E-state index contributed by atoms with van der Waals surface area (Å²) in [5, 5.41) is 21.2. The van der Waals surface area contributed by atoms with Crippen molar-refractivity contribution in [1.82, 2.24) is 0 Å². The number of nitrogens with one attached hydrogen (secondary N) is 1. The number of ether oxygens (including phenoxy) is 1. The van der Waals surface area contributed by atoms with Crippen molar-refractivity contribution >= 4 is 17.6 Å². The van der Waals surface area contributed by atoms with E-state index in [1.54, 1.807) is 0 Å². The van der Waals surface area contributed by atoms with E-state index in [4.69, 9.17) is 14.3 Å². The number of hydrogen-bond donors (Lipinski definition) is 3. The maximum atomic E-state index is 12.5. The van der Waals surface area contributed by atoms with Gasteiger partial charge in [0.2, 0.25) is 0 Å². The maximum absolute atomic E-state index is 12.5. The Morgan fingerprint density at radius 3 is 2.63 bits per heavy atom. The number of benzene rings is 2. The Balaban J connectivity index is 1.73. The predicted octanol–water partition coefficient (Wildman–Crippen LogP) is 3.82. The number of hydrogen-bond acceptors (Lipinski definition) is 5. The number of carboxylic acids is 1. The smallest absolute Gasteiger partial charge is 0.339 e. The van der Waals surface area contributed by atoms with E-state index in [1.807, 2.05) is 31.2 Å². The molecule has 3 aromatic rings. The van der Waals surface area contributed by atoms with Crippen molar-refractivity contribution in [2.75, 3.05) is 5.32 Å². The number of phenols is 1. The summed E-state index contributed by atoms with van der Waals surface area (Å²) in [6.07, 6.45) is 1.38. The molecule has 0 radical (unpaired) electrons. The highest BCUT2D eigenvalue weighted by molar-refractivity contribution is 6.05. The molecule has 138 valence electrons. The number of aromatic carboxylic acids is 1. The molecule has 2 aromatic carbocycles. The van der Waals surface area contributed by atoms with E-state index in [0.29, 0.717) is 11.5 Å². The molecular weight excluding hydrogens is 350 g/mol. The molecule has 1 heterocycles. The zero-order chi connectivity index (χ0) is 19.4. The van der Waals surface area contributed by atoms with E-state index in [9.17, 15) is 14.7 Å². The molecule has 1 aromatic heterocycles. The van der Waals surface area contributed by atoms with E-state index < -0.39 is 11.9 Å². The minimum Gasteiger partial charge on any atom is -0.507 e. The molecule has 27 heavy (non-hydrogen) atoms. The lowest BCUT2D eigenvalue weighted by Crippen LogP contribution is -2.14. The first-order valence-electron chi connectivity index (χ1n) is 8.08. The van der Waals surface area contributed by atoms with Gasteiger partial charge < -0.3 is 24.7 Å². The Kier molecular flexibility index (Phi) is 5.12. The lowest BCUT2D eigenvalue weighted by molar-refractivity contribution is 0.0693. The van der Waals surface area contributed by atoms with Crippen LogP contribution in [0.15, 0.2) is 59.2 Å². The van der Waals surface area contributed by atoms with Gasteiger partial charge in [0.15, 0.2) is 5.76 Å². The summed E-state index contributed by atoms with van der Waals surface area (Å²) in [7, 11) is 0. The van der Waals surface area contributed by atoms with Gasteiger partial charge in [-0.3, -0.25) is 4.79 Å². The molecule has 0 spiro atoms. The summed E-state index contributed by atoms with van der Waals surface area (Å²) in [4.78, 5) is 23.6. The van der Waals surface area contributed by atoms with Gasteiger partial charge in [-0.05, 0) is 42.8 Å². The van der Waals surface area contributed by atoms with Crippen LogP contribution < -0.4 is 10.1 Å². The highest BCUT2D eigenvalue weighted by Crippen LogP contribution is 2.23. The molecule has 0 bridgehead atoms. The average Bonchev–Trinajstić information content (AvgIpc) is 3.11. The van der Waals surface area contributed by atoms with E-state index in [2.05, 4.69) is 5.32 Å². The molecule has 1 amide bonds. The van der Waals surface area contributed by atoms with E-state index >= 15 is 0 Å². The number of amides is 1. The third-order valence-corrected chi connectivity index (χ3v) is 3.93. The van der Waals surface area contributed by atoms with Crippen LogP contribution in [-0.4, -0.2) is 22.1 Å². The summed E-state index contributed by atoms with van der Waals surface area (Å²) >= 11 is 0. The zero-order valence-corrected chi connectivity index (χ0v) is 14.4. The quantitative estimate of drug-likeness (QED) is 0.572. The molecule has 0 aliphatic rings. The standard InChI is InChI=1S/C20H17NO6/c1-12-4-2-3-5-17(12)27-11-18-14(8-9-26-18)19(23)21-13-6-7-16(22)15(10-13)20(24)25/h2-10,22H,11H2,1H3,(H,21,23)(H,24,25). The Morgan fingerprint density at radius 1 is 1.11 bits per heavy atom. The van der Waals surface area contributed by atoms with Crippen molar-refractivity contribution in [2.45, 2.75) is 13.5 Å². The van der Waals surface area contributed by atoms with Gasteiger partial charge in [0.1, 0.15) is 23.7 Å². The lowest BCUT2D eigenvalue weighted by atomic mass is 10.1. The lowest BCUT2D eigenvalue weighted by Gasteiger charge is -2.09. The summed E-state index contributed by atoms with van der Waals surface area (Å²) in [6.45, 7) is 1.98. The number of carbonyl (C=O) groups is 2. The molecule has 0 saturated heterocycles. The molecule has 0 atom stereocenters. The summed E-state index contributed by atoms with van der Waals surface area (Å²) in [5.74, 6) is -1.12. The fourth-order valence-corrected chi connectivity index (χ4v) is 2.50. The van der Waals surface area contributed by atoms with Gasteiger partial charge in [0, 0.05) is 5.69 Å². The Hall–Kier alpha value is -3.74. The third kappa shape index (κ3) is 4.09. The molecule has 0 aliphatic carbocycles. The van der Waals surface area contributed by atoms with E-state index in [0.717, 1.165) is 5.56 Å². The van der Waals surface area contributed by atoms with Crippen LogP contribution in [0.4, 0.5) is 5.69 Å². The number of carboxylic acid groups (broad SMARTS) is 1. The summed E-state index contributed by atoms with van der Waals surface area (Å²) in [6, 6.07) is 12.8. The average molecular weight is 367 g/mol. The topological polar surface area (TPSA) is 109 Å². The van der Waals surface area contributed by atoms with Crippen LogP contribution in [-0.2, 0) is 6.61 Å². The maximum Gasteiger partial charge on any atom is 0.339 e. The fourth-order valence-electron chi connectivity index (χ4n) is 2.50. The molecule has 3 N–H and O–H groups in total. The Labute approximate surface area is 154 Å². The molecule has 0 unspecified atom stereocenters. The molecule has 3 rings (SSSR count). The van der Waals surface area contributed by atoms with Crippen LogP contribution in [0.5, 0.6) is 11.5 Å².